The van der Waals surface area contributed by atoms with E-state index in [9.17, 15) is 19.7 Å². The molecular formula is C19H21BrN6O5. The average Bonchev–Trinajstić information content (AvgIpc) is 2.67. The van der Waals surface area contributed by atoms with Crippen molar-refractivity contribution in [2.75, 3.05) is 38.7 Å². The number of likely N-dealkylation sites (N-methyl/N-ethyl adjacent to an activating group) is 1. The fraction of sp³-hybridized carbons (Fsp3) is 0.421. The third-order valence-electron chi connectivity index (χ3n) is 5.55. The fourth-order valence-electron chi connectivity index (χ4n) is 3.77. The molecule has 1 unspecified atom stereocenters. The van der Waals surface area contributed by atoms with E-state index < -0.39 is 11.0 Å². The summed E-state index contributed by atoms with van der Waals surface area (Å²) in [6, 6.07) is 3.79. The summed E-state index contributed by atoms with van der Waals surface area (Å²) in [4.78, 5) is 44.4. The highest BCUT2D eigenvalue weighted by molar-refractivity contribution is 9.10. The zero-order valence-electron chi connectivity index (χ0n) is 16.9. The molecule has 2 aliphatic heterocycles. The van der Waals surface area contributed by atoms with Gasteiger partial charge in [-0.1, -0.05) is 0 Å². The smallest absolute Gasteiger partial charge is 0.293 e. The average molecular weight is 493 g/mol. The summed E-state index contributed by atoms with van der Waals surface area (Å²) in [6.07, 6.45) is 1.52. The number of nitrogens with one attached hydrogen (secondary N) is 1. The maximum absolute atomic E-state index is 13.0. The molecule has 1 aromatic heterocycles. The van der Waals surface area contributed by atoms with Crippen molar-refractivity contribution >= 4 is 39.0 Å². The minimum absolute atomic E-state index is 0.0284. The van der Waals surface area contributed by atoms with E-state index in [1.807, 2.05) is 4.90 Å². The van der Waals surface area contributed by atoms with Crippen LogP contribution in [0.4, 0.5) is 17.2 Å². The summed E-state index contributed by atoms with van der Waals surface area (Å²) in [5.41, 5.74) is 0.0632. The predicted octanol–water partition coefficient (Wildman–Crippen LogP) is 1.41. The largest absolute Gasteiger partial charge is 0.378 e. The number of hydrogen-bond acceptors (Lipinski definition) is 8. The summed E-state index contributed by atoms with van der Waals surface area (Å²) >= 11 is 3.23. The Bertz CT molecular complexity index is 1100. The second-order valence-electron chi connectivity index (χ2n) is 7.58. The molecule has 0 aliphatic carbocycles. The van der Waals surface area contributed by atoms with Gasteiger partial charge in [-0.3, -0.25) is 24.6 Å². The molecule has 12 heteroatoms. The lowest BCUT2D eigenvalue weighted by atomic mass is 9.96. The van der Waals surface area contributed by atoms with Crippen LogP contribution in [0.1, 0.15) is 11.6 Å². The third-order valence-corrected chi connectivity index (χ3v) is 5.93. The molecule has 2 aromatic rings. The minimum atomic E-state index is -0.765. The van der Waals surface area contributed by atoms with E-state index in [1.54, 1.807) is 31.1 Å². The lowest BCUT2D eigenvalue weighted by Crippen LogP contribution is -2.59. The van der Waals surface area contributed by atoms with E-state index in [1.165, 1.54) is 16.8 Å². The van der Waals surface area contributed by atoms with Gasteiger partial charge in [-0.05, 0) is 28.1 Å². The number of aromatic nitrogens is 2. The van der Waals surface area contributed by atoms with Crippen LogP contribution in [-0.4, -0.2) is 69.6 Å². The number of aryl methyl sites for hydroxylation is 1. The molecule has 2 aliphatic rings. The first-order valence-electron chi connectivity index (χ1n) is 9.63. The number of benzene rings is 1. The van der Waals surface area contributed by atoms with Crippen molar-refractivity contribution < 1.29 is 14.5 Å². The predicted molar refractivity (Wildman–Crippen MR) is 115 cm³/mol. The van der Waals surface area contributed by atoms with Gasteiger partial charge in [-0.25, -0.2) is 4.98 Å². The van der Waals surface area contributed by atoms with Gasteiger partial charge in [0, 0.05) is 45.1 Å². The molecule has 0 bridgehead atoms. The number of halogens is 1. The number of nitrogens with zero attached hydrogens (tertiary/aromatic N) is 5. The molecule has 3 heterocycles. The summed E-state index contributed by atoms with van der Waals surface area (Å²) in [5, 5.41) is 14.8. The summed E-state index contributed by atoms with van der Waals surface area (Å²) in [6.45, 7) is 2.16. The Labute approximate surface area is 185 Å². The van der Waals surface area contributed by atoms with Crippen LogP contribution in [0, 0.1) is 10.1 Å². The molecule has 2 fully saturated rings. The maximum atomic E-state index is 13.0. The van der Waals surface area contributed by atoms with Crippen LogP contribution in [0.5, 0.6) is 0 Å². The van der Waals surface area contributed by atoms with E-state index >= 15 is 0 Å². The van der Waals surface area contributed by atoms with Crippen molar-refractivity contribution in [3.63, 3.8) is 0 Å². The number of nitro benzene ring substituents is 1. The molecule has 0 spiro atoms. The summed E-state index contributed by atoms with van der Waals surface area (Å²) in [5.74, 6) is -0.162. The minimum Gasteiger partial charge on any atom is -0.378 e. The molecule has 1 N–H and O–H groups in total. The lowest BCUT2D eigenvalue weighted by Gasteiger charge is -2.46. The molecule has 2 saturated heterocycles. The molecule has 1 atom stereocenters. The fourth-order valence-corrected chi connectivity index (χ4v) is 4.26. The van der Waals surface area contributed by atoms with Crippen LogP contribution in [0.3, 0.4) is 0 Å². The first kappa shape index (κ1) is 21.4. The SMILES string of the molecule is CN1CCN(C2COC2)C(c2ccc(Nc3nc(Br)cn(C)c3=O)cc2[N+](=O)[O-])C1=O. The molecular weight excluding hydrogens is 472 g/mol. The number of piperazine rings is 1. The van der Waals surface area contributed by atoms with Gasteiger partial charge in [0.15, 0.2) is 5.82 Å². The highest BCUT2D eigenvalue weighted by Gasteiger charge is 2.43. The Morgan fingerprint density at radius 3 is 2.65 bits per heavy atom. The second kappa shape index (κ2) is 8.36. The first-order valence-corrected chi connectivity index (χ1v) is 10.4. The number of amides is 1. The van der Waals surface area contributed by atoms with Crippen molar-refractivity contribution in [2.24, 2.45) is 7.05 Å². The van der Waals surface area contributed by atoms with Gasteiger partial charge in [0.25, 0.3) is 11.2 Å². The van der Waals surface area contributed by atoms with Crippen LogP contribution < -0.4 is 10.9 Å². The summed E-state index contributed by atoms with van der Waals surface area (Å²) < 4.78 is 7.06. The molecule has 164 valence electrons. The standard InChI is InChI=1S/C19H21BrN6O5/c1-23-5-6-25(12-9-31-10-12)16(18(23)27)13-4-3-11(7-14(13)26(29)30)21-17-19(28)24(2)8-15(20)22-17/h3-4,7-8,12,16H,5-6,9-10H2,1-2H3,(H,21,22). The van der Waals surface area contributed by atoms with Crippen molar-refractivity contribution in [3.05, 3.63) is 55.0 Å². The van der Waals surface area contributed by atoms with E-state index in [0.29, 0.717) is 42.2 Å². The van der Waals surface area contributed by atoms with Crippen LogP contribution in [0.15, 0.2) is 33.8 Å². The van der Waals surface area contributed by atoms with E-state index in [-0.39, 0.29) is 29.0 Å². The van der Waals surface area contributed by atoms with Crippen LogP contribution in [0.25, 0.3) is 0 Å². The van der Waals surface area contributed by atoms with Gasteiger partial charge in [-0.2, -0.15) is 0 Å². The van der Waals surface area contributed by atoms with Gasteiger partial charge in [0.1, 0.15) is 10.6 Å². The quantitative estimate of drug-likeness (QED) is 0.490. The highest BCUT2D eigenvalue weighted by atomic mass is 79.9. The molecule has 1 amide bonds. The first-order chi connectivity index (χ1) is 14.8. The van der Waals surface area contributed by atoms with E-state index in [2.05, 4.69) is 26.2 Å². The number of ether oxygens (including phenoxy) is 1. The monoisotopic (exact) mass is 492 g/mol. The van der Waals surface area contributed by atoms with Crippen molar-refractivity contribution in [1.82, 2.24) is 19.4 Å². The Morgan fingerprint density at radius 2 is 2.00 bits per heavy atom. The third kappa shape index (κ3) is 4.05. The number of anilines is 2. The maximum Gasteiger partial charge on any atom is 0.293 e. The Balaban J connectivity index is 1.73. The molecule has 0 saturated carbocycles. The van der Waals surface area contributed by atoms with Crippen LogP contribution in [0.2, 0.25) is 0 Å². The molecule has 4 rings (SSSR count). The van der Waals surface area contributed by atoms with Gasteiger partial charge in [0.2, 0.25) is 5.91 Å². The lowest BCUT2D eigenvalue weighted by molar-refractivity contribution is -0.386. The number of nitro groups is 1. The Morgan fingerprint density at radius 1 is 1.26 bits per heavy atom. The van der Waals surface area contributed by atoms with Crippen molar-refractivity contribution in [2.45, 2.75) is 12.1 Å². The summed E-state index contributed by atoms with van der Waals surface area (Å²) in [7, 11) is 3.27. The van der Waals surface area contributed by atoms with Crippen molar-refractivity contribution in [3.8, 4) is 0 Å². The highest BCUT2D eigenvalue weighted by Crippen LogP contribution is 2.37. The van der Waals surface area contributed by atoms with Gasteiger partial charge >= 0.3 is 0 Å². The van der Waals surface area contributed by atoms with E-state index in [4.69, 9.17) is 4.74 Å². The molecule has 1 aromatic carbocycles. The Kier molecular flexibility index (Phi) is 5.77. The van der Waals surface area contributed by atoms with Gasteiger partial charge in [-0.15, -0.1) is 0 Å². The normalized spacial score (nSPS) is 19.9. The number of hydrogen-bond donors (Lipinski definition) is 1. The number of carbonyl (C=O) groups excluding carboxylic acids is 1. The zero-order chi connectivity index (χ0) is 22.3. The number of rotatable bonds is 5. The van der Waals surface area contributed by atoms with E-state index in [0.717, 1.165) is 0 Å². The molecule has 11 nitrogen and oxygen atoms in total. The van der Waals surface area contributed by atoms with Gasteiger partial charge < -0.3 is 19.5 Å². The molecule has 0 radical (unpaired) electrons. The van der Waals surface area contributed by atoms with Gasteiger partial charge in [0.05, 0.1) is 29.7 Å². The van der Waals surface area contributed by atoms with Crippen LogP contribution >= 0.6 is 15.9 Å². The van der Waals surface area contributed by atoms with Crippen LogP contribution in [-0.2, 0) is 16.6 Å². The number of carbonyl (C=O) groups is 1. The second-order valence-corrected chi connectivity index (χ2v) is 8.39. The zero-order valence-corrected chi connectivity index (χ0v) is 18.5. The van der Waals surface area contributed by atoms with Crippen molar-refractivity contribution in [1.29, 1.82) is 0 Å². The molecule has 31 heavy (non-hydrogen) atoms. The topological polar surface area (TPSA) is 123 Å². The Hall–Kier alpha value is -2.83.